The van der Waals surface area contributed by atoms with Crippen LogP contribution in [-0.2, 0) is 16.6 Å². The quantitative estimate of drug-likeness (QED) is 0.836. The number of rotatable bonds is 6. The van der Waals surface area contributed by atoms with Gasteiger partial charge < -0.3 is 9.73 Å². The number of sulfonamides is 1. The lowest BCUT2D eigenvalue weighted by Crippen LogP contribution is -2.40. The lowest BCUT2D eigenvalue weighted by molar-refractivity contribution is 0.260. The molecule has 0 amide bonds. The molecular weight excluding hydrogens is 264 g/mol. The van der Waals surface area contributed by atoms with Gasteiger partial charge in [-0.25, -0.2) is 13.1 Å². The van der Waals surface area contributed by atoms with E-state index in [2.05, 4.69) is 10.0 Å². The van der Waals surface area contributed by atoms with Crippen molar-refractivity contribution in [3.05, 3.63) is 17.6 Å². The van der Waals surface area contributed by atoms with Gasteiger partial charge in [0.05, 0.1) is 6.54 Å². The molecule has 1 aliphatic carbocycles. The van der Waals surface area contributed by atoms with Crippen molar-refractivity contribution in [3.63, 3.8) is 0 Å². The Morgan fingerprint density at radius 2 is 2.16 bits per heavy atom. The van der Waals surface area contributed by atoms with Crippen LogP contribution in [0, 0.1) is 12.8 Å². The van der Waals surface area contributed by atoms with E-state index in [1.807, 2.05) is 6.92 Å². The first kappa shape index (κ1) is 14.6. The van der Waals surface area contributed by atoms with E-state index in [9.17, 15) is 8.42 Å². The smallest absolute Gasteiger partial charge is 0.244 e. The molecule has 1 saturated carbocycles. The molecule has 1 heterocycles. The molecule has 5 nitrogen and oxygen atoms in total. The van der Waals surface area contributed by atoms with E-state index in [4.69, 9.17) is 4.42 Å². The molecule has 19 heavy (non-hydrogen) atoms. The number of hydrogen-bond donors (Lipinski definition) is 2. The van der Waals surface area contributed by atoms with Gasteiger partial charge in [0.25, 0.3) is 0 Å². The molecule has 2 rings (SSSR count). The van der Waals surface area contributed by atoms with Crippen molar-refractivity contribution in [2.24, 2.45) is 5.92 Å². The van der Waals surface area contributed by atoms with E-state index >= 15 is 0 Å². The molecule has 0 spiro atoms. The third-order valence-electron chi connectivity index (χ3n) is 3.76. The first-order chi connectivity index (χ1) is 8.94. The highest BCUT2D eigenvalue weighted by molar-refractivity contribution is 7.89. The van der Waals surface area contributed by atoms with Crippen molar-refractivity contribution in [2.75, 3.05) is 7.05 Å². The average molecular weight is 286 g/mol. The molecule has 1 aromatic heterocycles. The van der Waals surface area contributed by atoms with E-state index in [1.165, 1.54) is 6.42 Å². The molecule has 1 aliphatic rings. The summed E-state index contributed by atoms with van der Waals surface area (Å²) in [6.07, 6.45) is 3.42. The molecule has 0 aromatic carbocycles. The Labute approximate surface area is 114 Å². The molecule has 0 bridgehead atoms. The predicted octanol–water partition coefficient (Wildman–Crippen LogP) is 1.77. The summed E-state index contributed by atoms with van der Waals surface area (Å²) in [4.78, 5) is 0.254. The number of hydrogen-bond acceptors (Lipinski definition) is 4. The fourth-order valence-electron chi connectivity index (χ4n) is 2.40. The molecule has 108 valence electrons. The second-order valence-corrected chi connectivity index (χ2v) is 6.95. The third kappa shape index (κ3) is 3.19. The van der Waals surface area contributed by atoms with Gasteiger partial charge >= 0.3 is 0 Å². The van der Waals surface area contributed by atoms with Gasteiger partial charge in [0.15, 0.2) is 0 Å². The summed E-state index contributed by atoms with van der Waals surface area (Å²) in [6, 6.07) is 1.59. The first-order valence-corrected chi connectivity index (χ1v) is 8.18. The van der Waals surface area contributed by atoms with Crippen LogP contribution in [0.2, 0.25) is 0 Å². The molecule has 0 saturated heterocycles. The Balaban J connectivity index is 2.14. The first-order valence-electron chi connectivity index (χ1n) is 6.70. The van der Waals surface area contributed by atoms with Gasteiger partial charge in [0.1, 0.15) is 16.4 Å². The second kappa shape index (κ2) is 5.64. The lowest BCUT2D eigenvalue weighted by Gasteiger charge is -2.31. The highest BCUT2D eigenvalue weighted by Gasteiger charge is 2.29. The fourth-order valence-corrected chi connectivity index (χ4v) is 3.91. The lowest BCUT2D eigenvalue weighted by atomic mass is 9.81. The maximum Gasteiger partial charge on any atom is 0.244 e. The summed E-state index contributed by atoms with van der Waals surface area (Å²) in [6.45, 7) is 4.14. The SMILES string of the molecule is CNCc1cc(S(=O)(=O)NC(C)C2CCC2)c(C)o1. The summed E-state index contributed by atoms with van der Waals surface area (Å²) >= 11 is 0. The van der Waals surface area contributed by atoms with Crippen LogP contribution in [0.15, 0.2) is 15.4 Å². The van der Waals surface area contributed by atoms with Crippen LogP contribution in [-0.4, -0.2) is 21.5 Å². The van der Waals surface area contributed by atoms with Gasteiger partial charge in [-0.3, -0.25) is 0 Å². The molecule has 1 atom stereocenters. The van der Waals surface area contributed by atoms with Gasteiger partial charge in [-0.1, -0.05) is 6.42 Å². The number of nitrogens with one attached hydrogen (secondary N) is 2. The third-order valence-corrected chi connectivity index (χ3v) is 5.43. The second-order valence-electron chi connectivity index (χ2n) is 5.26. The summed E-state index contributed by atoms with van der Waals surface area (Å²) in [5.74, 6) is 1.55. The molecule has 2 N–H and O–H groups in total. The van der Waals surface area contributed by atoms with Crippen LogP contribution in [0.4, 0.5) is 0 Å². The monoisotopic (exact) mass is 286 g/mol. The summed E-state index contributed by atoms with van der Waals surface area (Å²) in [7, 11) is -1.69. The molecule has 1 fully saturated rings. The Bertz CT molecular complexity index is 532. The Morgan fingerprint density at radius 1 is 1.47 bits per heavy atom. The normalized spacial score (nSPS) is 18.3. The van der Waals surface area contributed by atoms with Gasteiger partial charge in [0, 0.05) is 12.1 Å². The topological polar surface area (TPSA) is 71.3 Å². The summed E-state index contributed by atoms with van der Waals surface area (Å²) in [5, 5.41) is 2.94. The largest absolute Gasteiger partial charge is 0.464 e. The number of aryl methyl sites for hydroxylation is 1. The van der Waals surface area contributed by atoms with Gasteiger partial charge in [-0.05, 0) is 39.7 Å². The molecule has 0 radical (unpaired) electrons. The summed E-state index contributed by atoms with van der Waals surface area (Å²) in [5.41, 5.74) is 0. The Kier molecular flexibility index (Phi) is 4.32. The van der Waals surface area contributed by atoms with Crippen LogP contribution in [0.3, 0.4) is 0 Å². The highest BCUT2D eigenvalue weighted by atomic mass is 32.2. The zero-order valence-electron chi connectivity index (χ0n) is 11.7. The minimum Gasteiger partial charge on any atom is -0.464 e. The van der Waals surface area contributed by atoms with Gasteiger partial charge in [-0.2, -0.15) is 0 Å². The maximum absolute atomic E-state index is 12.3. The summed E-state index contributed by atoms with van der Waals surface area (Å²) < 4.78 is 32.9. The van der Waals surface area contributed by atoms with Crippen molar-refractivity contribution in [3.8, 4) is 0 Å². The molecule has 1 aromatic rings. The highest BCUT2D eigenvalue weighted by Crippen LogP contribution is 2.30. The predicted molar refractivity (Wildman–Crippen MR) is 73.3 cm³/mol. The van der Waals surface area contributed by atoms with Crippen LogP contribution in [0.25, 0.3) is 0 Å². The standard InChI is InChI=1S/C13H22N2O3S/c1-9(11-5-4-6-11)15-19(16,17)13-7-12(8-14-3)18-10(13)2/h7,9,11,14-15H,4-6,8H2,1-3H3. The van der Waals surface area contributed by atoms with Crippen molar-refractivity contribution < 1.29 is 12.8 Å². The molecule has 1 unspecified atom stereocenters. The molecule has 6 heteroatoms. The average Bonchev–Trinajstić information content (AvgIpc) is 2.57. The Hall–Kier alpha value is -0.850. The Morgan fingerprint density at radius 3 is 2.68 bits per heavy atom. The van der Waals surface area contributed by atoms with Gasteiger partial charge in [0.2, 0.25) is 10.0 Å². The van der Waals surface area contributed by atoms with Crippen molar-refractivity contribution in [1.29, 1.82) is 0 Å². The van der Waals surface area contributed by atoms with Crippen LogP contribution in [0.5, 0.6) is 0 Å². The van der Waals surface area contributed by atoms with Crippen LogP contribution < -0.4 is 10.0 Å². The number of furan rings is 1. The maximum atomic E-state index is 12.3. The van der Waals surface area contributed by atoms with Crippen LogP contribution >= 0.6 is 0 Å². The van der Waals surface area contributed by atoms with E-state index in [1.54, 1.807) is 20.0 Å². The minimum atomic E-state index is -3.48. The minimum absolute atomic E-state index is 0.0131. The van der Waals surface area contributed by atoms with E-state index in [-0.39, 0.29) is 10.9 Å². The van der Waals surface area contributed by atoms with Crippen molar-refractivity contribution in [2.45, 2.75) is 50.6 Å². The van der Waals surface area contributed by atoms with Gasteiger partial charge in [-0.15, -0.1) is 0 Å². The van der Waals surface area contributed by atoms with Crippen molar-refractivity contribution in [1.82, 2.24) is 10.0 Å². The molecular formula is C13H22N2O3S. The fraction of sp³-hybridized carbons (Fsp3) is 0.692. The van der Waals surface area contributed by atoms with E-state index in [0.29, 0.717) is 24.0 Å². The molecule has 0 aliphatic heterocycles. The van der Waals surface area contributed by atoms with Crippen LogP contribution in [0.1, 0.15) is 37.7 Å². The van der Waals surface area contributed by atoms with Crippen molar-refractivity contribution >= 4 is 10.0 Å². The van der Waals surface area contributed by atoms with E-state index in [0.717, 1.165) is 12.8 Å². The van der Waals surface area contributed by atoms with E-state index < -0.39 is 10.0 Å². The zero-order valence-corrected chi connectivity index (χ0v) is 12.5. The zero-order chi connectivity index (χ0) is 14.0.